The number of hydrogen-bond donors (Lipinski definition) is 6. The summed E-state index contributed by atoms with van der Waals surface area (Å²) in [6.45, 7) is 4.61. The molecular formula is C37H49N9O6. The fourth-order valence-corrected chi connectivity index (χ4v) is 4.66. The van der Waals surface area contributed by atoms with Gasteiger partial charge < -0.3 is 51.3 Å². The van der Waals surface area contributed by atoms with Gasteiger partial charge in [0.15, 0.2) is 0 Å². The lowest BCUT2D eigenvalue weighted by Gasteiger charge is -2.12. The number of amides is 2. The van der Waals surface area contributed by atoms with Gasteiger partial charge in [-0.1, -0.05) is 18.2 Å². The Hall–Kier alpha value is -5.35. The molecule has 0 fully saturated rings. The Kier molecular flexibility index (Phi) is 17.6. The summed E-state index contributed by atoms with van der Waals surface area (Å²) in [5.41, 5.74) is 8.09. The molecule has 0 saturated carbocycles. The third-order valence-corrected chi connectivity index (χ3v) is 7.38. The van der Waals surface area contributed by atoms with Crippen molar-refractivity contribution in [3.63, 3.8) is 0 Å². The Morgan fingerprint density at radius 3 is 1.67 bits per heavy atom. The summed E-state index contributed by atoms with van der Waals surface area (Å²) in [6, 6.07) is 23.4. The van der Waals surface area contributed by atoms with Crippen molar-refractivity contribution in [3.8, 4) is 5.75 Å². The van der Waals surface area contributed by atoms with Crippen molar-refractivity contribution < 1.29 is 28.5 Å². The molecule has 1 heterocycles. The molecule has 15 nitrogen and oxygen atoms in total. The van der Waals surface area contributed by atoms with Crippen molar-refractivity contribution in [1.29, 1.82) is 0 Å². The monoisotopic (exact) mass is 715 g/mol. The molecule has 3 aromatic carbocycles. The van der Waals surface area contributed by atoms with E-state index in [2.05, 4.69) is 41.5 Å². The second-order valence-corrected chi connectivity index (χ2v) is 11.4. The standard InChI is InChI=1S/C37H49N9O6/c1-49-32-16-14-31(15-17-32)43-37-45-35(41-21-25-52-27-26-51-24-20-39-33(47)28-8-4-2-5-9-28)44-36(46-37)42-30-12-10-29(11-13-30)34(48)40-19-23-50-22-7-3-6-18-38/h2,4-5,8-17H,3,6-7,18-27,38H2,1H3,(H,39,47)(H,40,48)(H3,41,42,43,44,45,46). The van der Waals surface area contributed by atoms with Crippen LogP contribution in [0.3, 0.4) is 0 Å². The summed E-state index contributed by atoms with van der Waals surface area (Å²) >= 11 is 0. The van der Waals surface area contributed by atoms with Crippen LogP contribution in [0.25, 0.3) is 0 Å². The number of hydrogen-bond acceptors (Lipinski definition) is 13. The molecule has 0 unspecified atom stereocenters. The number of anilines is 5. The van der Waals surface area contributed by atoms with Gasteiger partial charge in [-0.3, -0.25) is 9.59 Å². The normalized spacial score (nSPS) is 10.7. The molecule has 15 heteroatoms. The summed E-state index contributed by atoms with van der Waals surface area (Å²) in [5.74, 6) is 1.35. The average molecular weight is 716 g/mol. The van der Waals surface area contributed by atoms with Gasteiger partial charge in [0, 0.05) is 48.7 Å². The lowest BCUT2D eigenvalue weighted by Crippen LogP contribution is -2.27. The predicted molar refractivity (Wildman–Crippen MR) is 201 cm³/mol. The topological polar surface area (TPSA) is 196 Å². The molecule has 2 amide bonds. The highest BCUT2D eigenvalue weighted by Crippen LogP contribution is 2.21. The summed E-state index contributed by atoms with van der Waals surface area (Å²) in [6.07, 6.45) is 3.00. The largest absolute Gasteiger partial charge is 0.497 e. The van der Waals surface area contributed by atoms with Crippen molar-refractivity contribution in [1.82, 2.24) is 25.6 Å². The van der Waals surface area contributed by atoms with Gasteiger partial charge in [0.1, 0.15) is 5.75 Å². The number of nitrogens with zero attached hydrogens (tertiary/aromatic N) is 3. The maximum absolute atomic E-state index is 12.6. The number of carbonyl (C=O) groups is 2. The lowest BCUT2D eigenvalue weighted by atomic mass is 10.2. The first-order chi connectivity index (χ1) is 25.5. The van der Waals surface area contributed by atoms with E-state index in [1.807, 2.05) is 42.5 Å². The minimum absolute atomic E-state index is 0.133. The fraction of sp³-hybridized carbons (Fsp3) is 0.378. The van der Waals surface area contributed by atoms with Crippen LogP contribution < -0.4 is 37.1 Å². The molecule has 0 atom stereocenters. The minimum atomic E-state index is -0.183. The van der Waals surface area contributed by atoms with Gasteiger partial charge in [-0.2, -0.15) is 15.0 Å². The second-order valence-electron chi connectivity index (χ2n) is 11.4. The molecule has 0 spiro atoms. The van der Waals surface area contributed by atoms with Crippen LogP contribution in [-0.4, -0.2) is 99.7 Å². The number of nitrogens with two attached hydrogens (primary N) is 1. The third kappa shape index (κ3) is 14.9. The Bertz CT molecular complexity index is 1610. The smallest absolute Gasteiger partial charge is 0.251 e. The summed E-state index contributed by atoms with van der Waals surface area (Å²) < 4.78 is 22.1. The van der Waals surface area contributed by atoms with Crippen LogP contribution in [0, 0.1) is 0 Å². The van der Waals surface area contributed by atoms with Gasteiger partial charge in [-0.05, 0) is 86.5 Å². The highest BCUT2D eigenvalue weighted by Gasteiger charge is 2.10. The van der Waals surface area contributed by atoms with E-state index in [1.165, 1.54) is 0 Å². The number of unbranched alkanes of at least 4 members (excludes halogenated alkanes) is 2. The van der Waals surface area contributed by atoms with E-state index >= 15 is 0 Å². The van der Waals surface area contributed by atoms with E-state index in [9.17, 15) is 9.59 Å². The molecule has 0 bridgehead atoms. The first-order valence-electron chi connectivity index (χ1n) is 17.4. The molecule has 0 radical (unpaired) electrons. The Morgan fingerprint density at radius 1 is 0.577 bits per heavy atom. The highest BCUT2D eigenvalue weighted by atomic mass is 16.5. The molecule has 4 aromatic rings. The van der Waals surface area contributed by atoms with Crippen LogP contribution in [0.1, 0.15) is 40.0 Å². The number of nitrogens with one attached hydrogen (secondary N) is 5. The van der Waals surface area contributed by atoms with E-state index in [0.29, 0.717) is 100 Å². The van der Waals surface area contributed by atoms with E-state index in [-0.39, 0.29) is 11.8 Å². The van der Waals surface area contributed by atoms with E-state index in [1.54, 1.807) is 43.5 Å². The zero-order valence-electron chi connectivity index (χ0n) is 29.6. The van der Waals surface area contributed by atoms with Crippen LogP contribution in [0.5, 0.6) is 5.75 Å². The molecule has 0 aliphatic rings. The van der Waals surface area contributed by atoms with Gasteiger partial charge in [0.05, 0.1) is 40.1 Å². The fourth-order valence-electron chi connectivity index (χ4n) is 4.66. The van der Waals surface area contributed by atoms with Gasteiger partial charge in [-0.15, -0.1) is 0 Å². The number of rotatable bonds is 25. The van der Waals surface area contributed by atoms with Crippen LogP contribution in [-0.2, 0) is 14.2 Å². The molecule has 1 aromatic heterocycles. The van der Waals surface area contributed by atoms with Crippen LogP contribution in [0.15, 0.2) is 78.9 Å². The van der Waals surface area contributed by atoms with Crippen LogP contribution in [0.2, 0.25) is 0 Å². The molecule has 7 N–H and O–H groups in total. The van der Waals surface area contributed by atoms with Crippen molar-refractivity contribution in [2.45, 2.75) is 19.3 Å². The van der Waals surface area contributed by atoms with E-state index in [4.69, 9.17) is 24.7 Å². The summed E-state index contributed by atoms with van der Waals surface area (Å²) in [7, 11) is 1.61. The van der Waals surface area contributed by atoms with Crippen molar-refractivity contribution in [3.05, 3.63) is 90.0 Å². The van der Waals surface area contributed by atoms with Gasteiger partial charge in [0.25, 0.3) is 11.8 Å². The number of benzene rings is 3. The first kappa shape index (κ1) is 39.4. The van der Waals surface area contributed by atoms with Gasteiger partial charge in [-0.25, -0.2) is 0 Å². The zero-order valence-corrected chi connectivity index (χ0v) is 29.6. The van der Waals surface area contributed by atoms with E-state index in [0.717, 1.165) is 30.7 Å². The molecule has 52 heavy (non-hydrogen) atoms. The predicted octanol–water partition coefficient (Wildman–Crippen LogP) is 4.12. The lowest BCUT2D eigenvalue weighted by molar-refractivity contribution is 0.0519. The van der Waals surface area contributed by atoms with Gasteiger partial charge >= 0.3 is 0 Å². The number of methoxy groups -OCH3 is 1. The molecule has 0 aliphatic carbocycles. The van der Waals surface area contributed by atoms with Gasteiger partial charge in [0.2, 0.25) is 17.8 Å². The molecule has 278 valence electrons. The zero-order chi connectivity index (χ0) is 36.6. The first-order valence-corrected chi connectivity index (χ1v) is 17.4. The Balaban J connectivity index is 1.22. The molecular weight excluding hydrogens is 666 g/mol. The molecule has 0 aliphatic heterocycles. The van der Waals surface area contributed by atoms with Crippen LogP contribution >= 0.6 is 0 Å². The minimum Gasteiger partial charge on any atom is -0.497 e. The summed E-state index contributed by atoms with van der Waals surface area (Å²) in [4.78, 5) is 38.2. The third-order valence-electron chi connectivity index (χ3n) is 7.38. The Morgan fingerprint density at radius 2 is 1.10 bits per heavy atom. The number of carbonyl (C=O) groups excluding carboxylic acids is 2. The van der Waals surface area contributed by atoms with Crippen molar-refractivity contribution in [2.24, 2.45) is 5.73 Å². The van der Waals surface area contributed by atoms with Crippen molar-refractivity contribution in [2.75, 3.05) is 88.9 Å². The average Bonchev–Trinajstić information content (AvgIpc) is 3.17. The summed E-state index contributed by atoms with van der Waals surface area (Å²) in [5, 5.41) is 15.3. The maximum atomic E-state index is 12.6. The molecule has 0 saturated heterocycles. The number of ether oxygens (including phenoxy) is 4. The highest BCUT2D eigenvalue weighted by molar-refractivity contribution is 5.94. The SMILES string of the molecule is COc1ccc(Nc2nc(NCCOCCOCCNC(=O)c3ccccc3)nc(Nc3ccc(C(=O)NCCOCCCCCN)cc3)n2)cc1. The maximum Gasteiger partial charge on any atom is 0.251 e. The quantitative estimate of drug-likeness (QED) is 0.0537. The second kappa shape index (κ2) is 23.2. The van der Waals surface area contributed by atoms with Crippen LogP contribution in [0.4, 0.5) is 29.2 Å². The molecule has 4 rings (SSSR count). The van der Waals surface area contributed by atoms with Crippen molar-refractivity contribution >= 4 is 41.0 Å². The Labute approximate surface area is 304 Å². The van der Waals surface area contributed by atoms with E-state index < -0.39 is 0 Å². The number of aromatic nitrogens is 3.